The fourth-order valence-electron chi connectivity index (χ4n) is 5.85. The van der Waals surface area contributed by atoms with Gasteiger partial charge in [0.05, 0.1) is 15.6 Å². The number of thiazole rings is 1. The molecule has 4 atom stereocenters. The lowest BCUT2D eigenvalue weighted by atomic mass is 9.21. The number of carbonyl (C=O) groups excluding carboxylic acids is 1. The van der Waals surface area contributed by atoms with Crippen molar-refractivity contribution in [3.05, 3.63) is 24.3 Å². The van der Waals surface area contributed by atoms with Crippen LogP contribution in [0.15, 0.2) is 24.3 Å². The molecule has 0 radical (unpaired) electrons. The number of nitrogens with zero attached hydrogens (tertiary/aromatic N) is 1. The van der Waals surface area contributed by atoms with E-state index in [0.29, 0.717) is 11.3 Å². The third kappa shape index (κ3) is 1.05. The maximum absolute atomic E-state index is 12.9. The van der Waals surface area contributed by atoms with Crippen LogP contribution < -0.4 is 5.32 Å². The zero-order valence-electron chi connectivity index (χ0n) is 12.3. The normalized spacial score (nSPS) is 42.5. The Morgan fingerprint density at radius 3 is 2.86 bits per heavy atom. The van der Waals surface area contributed by atoms with Gasteiger partial charge in [-0.15, -0.1) is 0 Å². The van der Waals surface area contributed by atoms with Crippen LogP contribution >= 0.6 is 11.3 Å². The molecule has 0 aliphatic heterocycles. The maximum Gasteiger partial charge on any atom is 0.233 e. The molecule has 1 aromatic heterocycles. The van der Waals surface area contributed by atoms with Gasteiger partial charge in [-0.05, 0) is 48.1 Å². The van der Waals surface area contributed by atoms with E-state index in [1.807, 2.05) is 18.2 Å². The van der Waals surface area contributed by atoms with E-state index < -0.39 is 0 Å². The smallest absolute Gasteiger partial charge is 0.233 e. The molecule has 4 bridgehead atoms. The van der Waals surface area contributed by atoms with Gasteiger partial charge in [0.2, 0.25) is 5.91 Å². The summed E-state index contributed by atoms with van der Waals surface area (Å²) in [7, 11) is 0. The van der Waals surface area contributed by atoms with Gasteiger partial charge < -0.3 is 5.32 Å². The lowest BCUT2D eigenvalue weighted by molar-refractivity contribution is -0.326. The average Bonchev–Trinajstić information content (AvgIpc) is 3.03. The summed E-state index contributed by atoms with van der Waals surface area (Å²) < 4.78 is 1.13. The second-order valence-electron chi connectivity index (χ2n) is 7.43. The Morgan fingerprint density at radius 2 is 2.19 bits per heavy atom. The third-order valence-corrected chi connectivity index (χ3v) is 8.06. The molecule has 108 valence electrons. The Labute approximate surface area is 127 Å². The summed E-state index contributed by atoms with van der Waals surface area (Å²) in [5.74, 6) is 0.819. The van der Waals surface area contributed by atoms with E-state index in [2.05, 4.69) is 30.2 Å². The highest BCUT2D eigenvalue weighted by Gasteiger charge is 2.91. The van der Waals surface area contributed by atoms with E-state index in [9.17, 15) is 4.79 Å². The number of aromatic nitrogens is 1. The summed E-state index contributed by atoms with van der Waals surface area (Å²) in [6.45, 7) is 4.69. The molecule has 0 saturated heterocycles. The Morgan fingerprint density at radius 1 is 1.38 bits per heavy atom. The standard InChI is InChI=1S/C17H18N2OS/c1-15-9-17(12(15)7-8-16(15,17)2)13(20)19-14-18-10-5-3-4-6-11(10)21-14/h3-6,12H,7-9H2,1-2H3,(H,18,19,20)/t12-,15-,16+,17+/m0/s1. The Kier molecular flexibility index (Phi) is 1.92. The molecule has 1 amide bonds. The maximum atomic E-state index is 12.9. The molecule has 4 heteroatoms. The molecule has 2 aromatic rings. The molecule has 21 heavy (non-hydrogen) atoms. The number of anilines is 1. The Hall–Kier alpha value is -1.42. The Bertz CT molecular complexity index is 766. The van der Waals surface area contributed by atoms with E-state index in [-0.39, 0.29) is 16.7 Å². The first kappa shape index (κ1) is 12.2. The van der Waals surface area contributed by atoms with Crippen molar-refractivity contribution in [2.24, 2.45) is 22.2 Å². The van der Waals surface area contributed by atoms with Crippen LogP contribution in [0, 0.1) is 22.2 Å². The van der Waals surface area contributed by atoms with E-state index in [1.165, 1.54) is 12.8 Å². The van der Waals surface area contributed by atoms with Crippen LogP contribution in [0.25, 0.3) is 10.2 Å². The number of hydrogen-bond donors (Lipinski definition) is 1. The first-order chi connectivity index (χ1) is 10.0. The van der Waals surface area contributed by atoms with Crippen LogP contribution in [-0.4, -0.2) is 10.9 Å². The van der Waals surface area contributed by atoms with Crippen molar-refractivity contribution in [1.82, 2.24) is 4.98 Å². The van der Waals surface area contributed by atoms with Crippen molar-refractivity contribution >= 4 is 32.6 Å². The first-order valence-corrected chi connectivity index (χ1v) is 8.50. The van der Waals surface area contributed by atoms with Crippen molar-refractivity contribution in [1.29, 1.82) is 0 Å². The largest absolute Gasteiger partial charge is 0.301 e. The van der Waals surface area contributed by atoms with E-state index in [4.69, 9.17) is 0 Å². The van der Waals surface area contributed by atoms with Crippen LogP contribution in [0.3, 0.4) is 0 Å². The number of benzene rings is 1. The summed E-state index contributed by atoms with van der Waals surface area (Å²) in [5.41, 5.74) is 1.53. The number of para-hydroxylation sites is 1. The number of fused-ring (bicyclic) bond motifs is 2. The van der Waals surface area contributed by atoms with Crippen LogP contribution in [0.4, 0.5) is 5.13 Å². The number of amides is 1. The van der Waals surface area contributed by atoms with Gasteiger partial charge in [-0.1, -0.05) is 37.3 Å². The first-order valence-electron chi connectivity index (χ1n) is 7.68. The fraction of sp³-hybridized carbons (Fsp3) is 0.529. The summed E-state index contributed by atoms with van der Waals surface area (Å²) >= 11 is 1.57. The van der Waals surface area contributed by atoms with E-state index in [0.717, 1.165) is 21.8 Å². The molecule has 0 unspecified atom stereocenters. The highest BCUT2D eigenvalue weighted by molar-refractivity contribution is 7.22. The zero-order chi connectivity index (χ0) is 14.5. The second-order valence-corrected chi connectivity index (χ2v) is 8.46. The lowest BCUT2D eigenvalue weighted by Gasteiger charge is -2.81. The molecule has 1 N–H and O–H groups in total. The summed E-state index contributed by atoms with van der Waals surface area (Å²) in [5, 5.41) is 3.87. The van der Waals surface area contributed by atoms with Gasteiger partial charge in [0, 0.05) is 0 Å². The number of carbonyl (C=O) groups is 1. The van der Waals surface area contributed by atoms with Gasteiger partial charge in [0.1, 0.15) is 0 Å². The van der Waals surface area contributed by atoms with Gasteiger partial charge >= 0.3 is 0 Å². The molecule has 3 nitrogen and oxygen atoms in total. The SMILES string of the molecule is C[C@@]12CC[C@H]3[C@]1(C)C[C@]32C(=O)Nc1nc2ccccc2s1. The van der Waals surface area contributed by atoms with E-state index in [1.54, 1.807) is 11.3 Å². The van der Waals surface area contributed by atoms with Gasteiger partial charge in [0.15, 0.2) is 5.13 Å². The van der Waals surface area contributed by atoms with Crippen LogP contribution in [0.1, 0.15) is 33.1 Å². The predicted octanol–water partition coefficient (Wildman–Crippen LogP) is 4.06. The van der Waals surface area contributed by atoms with Gasteiger partial charge in [-0.2, -0.15) is 0 Å². The summed E-state index contributed by atoms with van der Waals surface area (Å²) in [6.07, 6.45) is 3.50. The molecule has 0 spiro atoms. The zero-order valence-corrected chi connectivity index (χ0v) is 13.1. The average molecular weight is 298 g/mol. The van der Waals surface area contributed by atoms with Crippen molar-refractivity contribution in [3.63, 3.8) is 0 Å². The van der Waals surface area contributed by atoms with Crippen molar-refractivity contribution in [2.45, 2.75) is 33.1 Å². The minimum atomic E-state index is -0.0976. The fourth-order valence-corrected chi connectivity index (χ4v) is 6.71. The minimum absolute atomic E-state index is 0.0976. The monoisotopic (exact) mass is 298 g/mol. The van der Waals surface area contributed by atoms with Gasteiger partial charge in [-0.25, -0.2) is 4.98 Å². The molecule has 5 saturated carbocycles. The quantitative estimate of drug-likeness (QED) is 0.908. The lowest BCUT2D eigenvalue weighted by Crippen LogP contribution is -2.81. The molecule has 1 heterocycles. The highest BCUT2D eigenvalue weighted by atomic mass is 32.1. The van der Waals surface area contributed by atoms with Crippen LogP contribution in [0.5, 0.6) is 0 Å². The number of nitrogens with one attached hydrogen (secondary N) is 1. The third-order valence-electron chi connectivity index (χ3n) is 7.11. The molecule has 5 fully saturated rings. The second kappa shape index (κ2) is 3.32. The van der Waals surface area contributed by atoms with Crippen molar-refractivity contribution in [2.75, 3.05) is 5.32 Å². The minimum Gasteiger partial charge on any atom is -0.301 e. The van der Waals surface area contributed by atoms with Crippen molar-refractivity contribution < 1.29 is 4.79 Å². The number of rotatable bonds is 2. The molecule has 1 aromatic carbocycles. The van der Waals surface area contributed by atoms with Crippen LogP contribution in [0.2, 0.25) is 0 Å². The van der Waals surface area contributed by atoms with Gasteiger partial charge in [0.25, 0.3) is 0 Å². The summed E-state index contributed by atoms with van der Waals surface area (Å²) in [4.78, 5) is 17.4. The molecular weight excluding hydrogens is 280 g/mol. The van der Waals surface area contributed by atoms with Gasteiger partial charge in [-0.3, -0.25) is 4.79 Å². The molecular formula is C17H18N2OS. The summed E-state index contributed by atoms with van der Waals surface area (Å²) in [6, 6.07) is 8.04. The molecule has 5 aliphatic rings. The molecule has 7 rings (SSSR count). The predicted molar refractivity (Wildman–Crippen MR) is 84.2 cm³/mol. The highest BCUT2D eigenvalue weighted by Crippen LogP contribution is 2.93. The van der Waals surface area contributed by atoms with Crippen LogP contribution in [-0.2, 0) is 4.79 Å². The Balaban J connectivity index is 1.46. The molecule has 5 aliphatic carbocycles. The van der Waals surface area contributed by atoms with E-state index >= 15 is 0 Å². The topological polar surface area (TPSA) is 42.0 Å². The van der Waals surface area contributed by atoms with Crippen molar-refractivity contribution in [3.8, 4) is 0 Å². The number of hydrogen-bond acceptors (Lipinski definition) is 3.